The molecule has 0 saturated carbocycles. The molecule has 0 aliphatic heterocycles. The van der Waals surface area contributed by atoms with E-state index in [-0.39, 0.29) is 10.9 Å². The van der Waals surface area contributed by atoms with Gasteiger partial charge in [-0.3, -0.25) is 0 Å². The molecule has 0 atom stereocenters. The average Bonchev–Trinajstić information content (AvgIpc) is 2.06. The van der Waals surface area contributed by atoms with Crippen LogP contribution in [0, 0.1) is 0 Å². The minimum Gasteiger partial charge on any atom is -0.404 e. The molecule has 1 rings (SSSR count). The van der Waals surface area contributed by atoms with Crippen LogP contribution in [0.4, 0.5) is 13.2 Å². The van der Waals surface area contributed by atoms with Crippen molar-refractivity contribution in [3.05, 3.63) is 28.8 Å². The Bertz CT molecular complexity index is 325. The molecule has 0 saturated heterocycles. The molecule has 78 valence electrons. The van der Waals surface area contributed by atoms with E-state index in [0.717, 1.165) is 6.07 Å². The number of ether oxygens (including phenoxy) is 1. The first-order valence-electron chi connectivity index (χ1n) is 3.52. The molecule has 0 amide bonds. The third kappa shape index (κ3) is 3.27. The third-order valence-electron chi connectivity index (χ3n) is 1.38. The van der Waals surface area contributed by atoms with Crippen molar-refractivity contribution in [3.8, 4) is 5.75 Å². The van der Waals surface area contributed by atoms with E-state index in [0.29, 0.717) is 5.56 Å². The van der Waals surface area contributed by atoms with Gasteiger partial charge in [-0.2, -0.15) is 0 Å². The molecule has 0 fully saturated rings. The fraction of sp³-hybridized carbons (Fsp3) is 0.250. The van der Waals surface area contributed by atoms with Gasteiger partial charge in [-0.25, -0.2) is 0 Å². The van der Waals surface area contributed by atoms with Gasteiger partial charge in [-0.15, -0.1) is 24.8 Å². The minimum atomic E-state index is -4.73. The second kappa shape index (κ2) is 4.28. The first-order valence-corrected chi connectivity index (χ1v) is 4.44. The molecule has 0 N–H and O–H groups in total. The Morgan fingerprint density at radius 1 is 1.29 bits per heavy atom. The summed E-state index contributed by atoms with van der Waals surface area (Å²) in [7, 11) is 0. The van der Waals surface area contributed by atoms with E-state index in [4.69, 9.17) is 23.2 Å². The summed E-state index contributed by atoms with van der Waals surface area (Å²) in [6.07, 6.45) is -4.73. The maximum atomic E-state index is 11.8. The fourth-order valence-electron chi connectivity index (χ4n) is 0.835. The van der Waals surface area contributed by atoms with Crippen LogP contribution < -0.4 is 4.74 Å². The first-order chi connectivity index (χ1) is 6.42. The zero-order valence-electron chi connectivity index (χ0n) is 6.74. The lowest BCUT2D eigenvalue weighted by Crippen LogP contribution is -2.17. The van der Waals surface area contributed by atoms with Gasteiger partial charge in [0.2, 0.25) is 0 Å². The van der Waals surface area contributed by atoms with Crippen molar-refractivity contribution in [2.24, 2.45) is 0 Å². The monoisotopic (exact) mass is 244 g/mol. The average molecular weight is 245 g/mol. The SMILES string of the molecule is FC(F)(F)Oc1ccc(CCl)cc1Cl. The highest BCUT2D eigenvalue weighted by atomic mass is 35.5. The van der Waals surface area contributed by atoms with Crippen LogP contribution in [0.25, 0.3) is 0 Å². The molecular formula is C8H5Cl2F3O. The summed E-state index contributed by atoms with van der Waals surface area (Å²) in [5.41, 5.74) is 0.631. The molecule has 14 heavy (non-hydrogen) atoms. The number of halogens is 5. The normalized spacial score (nSPS) is 11.5. The summed E-state index contributed by atoms with van der Waals surface area (Å²) in [4.78, 5) is 0. The van der Waals surface area contributed by atoms with Crippen LogP contribution in [-0.4, -0.2) is 6.36 Å². The van der Waals surface area contributed by atoms with E-state index in [1.807, 2.05) is 0 Å². The van der Waals surface area contributed by atoms with E-state index < -0.39 is 12.1 Å². The largest absolute Gasteiger partial charge is 0.573 e. The molecule has 0 aliphatic carbocycles. The van der Waals surface area contributed by atoms with Crippen LogP contribution in [0.3, 0.4) is 0 Å². The van der Waals surface area contributed by atoms with E-state index in [1.54, 1.807) is 0 Å². The summed E-state index contributed by atoms with van der Waals surface area (Å²) in [6, 6.07) is 3.88. The molecule has 1 nitrogen and oxygen atoms in total. The van der Waals surface area contributed by atoms with Crippen molar-refractivity contribution in [3.63, 3.8) is 0 Å². The van der Waals surface area contributed by atoms with Crippen molar-refractivity contribution in [2.45, 2.75) is 12.2 Å². The molecule has 0 heterocycles. The number of benzene rings is 1. The van der Waals surface area contributed by atoms with Crippen molar-refractivity contribution in [2.75, 3.05) is 0 Å². The minimum absolute atomic E-state index is 0.111. The summed E-state index contributed by atoms with van der Waals surface area (Å²) in [6.45, 7) is 0. The summed E-state index contributed by atoms with van der Waals surface area (Å²) in [5, 5.41) is -0.111. The Hall–Kier alpha value is -0.610. The molecule has 0 radical (unpaired) electrons. The highest BCUT2D eigenvalue weighted by molar-refractivity contribution is 6.32. The maximum absolute atomic E-state index is 11.8. The lowest BCUT2D eigenvalue weighted by molar-refractivity contribution is -0.274. The van der Waals surface area contributed by atoms with E-state index >= 15 is 0 Å². The molecule has 6 heteroatoms. The topological polar surface area (TPSA) is 9.23 Å². The first kappa shape index (κ1) is 11.5. The zero-order valence-corrected chi connectivity index (χ0v) is 8.25. The molecule has 1 aromatic rings. The summed E-state index contributed by atoms with van der Waals surface area (Å²) < 4.78 is 39.0. The molecule has 0 aromatic heterocycles. The van der Waals surface area contributed by atoms with E-state index in [9.17, 15) is 13.2 Å². The van der Waals surface area contributed by atoms with Crippen molar-refractivity contribution < 1.29 is 17.9 Å². The van der Waals surface area contributed by atoms with Crippen molar-refractivity contribution >= 4 is 23.2 Å². The van der Waals surface area contributed by atoms with Gasteiger partial charge >= 0.3 is 6.36 Å². The summed E-state index contributed by atoms with van der Waals surface area (Å²) >= 11 is 11.0. The smallest absolute Gasteiger partial charge is 0.404 e. The Morgan fingerprint density at radius 2 is 1.93 bits per heavy atom. The third-order valence-corrected chi connectivity index (χ3v) is 1.98. The van der Waals surface area contributed by atoms with Crippen LogP contribution in [-0.2, 0) is 5.88 Å². The lowest BCUT2D eigenvalue weighted by Gasteiger charge is -2.10. The standard InChI is InChI=1S/C8H5Cl2F3O/c9-4-5-1-2-7(6(10)3-5)14-8(11,12)13/h1-3H,4H2. The van der Waals surface area contributed by atoms with Crippen LogP contribution in [0.5, 0.6) is 5.75 Å². The Balaban J connectivity index is 2.89. The van der Waals surface area contributed by atoms with Gasteiger partial charge in [0.25, 0.3) is 0 Å². The molecule has 0 aliphatic rings. The zero-order chi connectivity index (χ0) is 10.8. The van der Waals surface area contributed by atoms with Gasteiger partial charge in [-0.05, 0) is 17.7 Å². The van der Waals surface area contributed by atoms with Gasteiger partial charge in [0.1, 0.15) is 5.75 Å². The van der Waals surface area contributed by atoms with Crippen LogP contribution in [0.2, 0.25) is 5.02 Å². The van der Waals surface area contributed by atoms with Gasteiger partial charge < -0.3 is 4.74 Å². The molecule has 0 unspecified atom stereocenters. The molecular weight excluding hydrogens is 240 g/mol. The van der Waals surface area contributed by atoms with Crippen molar-refractivity contribution in [1.82, 2.24) is 0 Å². The highest BCUT2D eigenvalue weighted by Gasteiger charge is 2.31. The number of hydrogen-bond donors (Lipinski definition) is 0. The molecule has 0 bridgehead atoms. The van der Waals surface area contributed by atoms with Gasteiger partial charge in [0.05, 0.1) is 5.02 Å². The van der Waals surface area contributed by atoms with Crippen LogP contribution >= 0.6 is 23.2 Å². The fourth-order valence-corrected chi connectivity index (χ4v) is 1.24. The van der Waals surface area contributed by atoms with E-state index in [2.05, 4.69) is 4.74 Å². The maximum Gasteiger partial charge on any atom is 0.573 e. The molecule has 1 aromatic carbocycles. The Labute approximate surface area is 88.4 Å². The predicted octanol–water partition coefficient (Wildman–Crippen LogP) is 3.98. The van der Waals surface area contributed by atoms with Crippen LogP contribution in [0.1, 0.15) is 5.56 Å². The number of alkyl halides is 4. The number of hydrogen-bond acceptors (Lipinski definition) is 1. The Kier molecular flexibility index (Phi) is 3.50. The highest BCUT2D eigenvalue weighted by Crippen LogP contribution is 2.30. The Morgan fingerprint density at radius 3 is 2.36 bits per heavy atom. The second-order valence-corrected chi connectivity index (χ2v) is 3.12. The van der Waals surface area contributed by atoms with E-state index in [1.165, 1.54) is 12.1 Å². The summed E-state index contributed by atoms with van der Waals surface area (Å²) in [5.74, 6) is -0.237. The van der Waals surface area contributed by atoms with Crippen LogP contribution in [0.15, 0.2) is 18.2 Å². The van der Waals surface area contributed by atoms with Gasteiger partial charge in [0.15, 0.2) is 0 Å². The van der Waals surface area contributed by atoms with Gasteiger partial charge in [-0.1, -0.05) is 17.7 Å². The molecule has 0 spiro atoms. The quantitative estimate of drug-likeness (QED) is 0.716. The van der Waals surface area contributed by atoms with Crippen molar-refractivity contribution in [1.29, 1.82) is 0 Å². The lowest BCUT2D eigenvalue weighted by atomic mass is 10.2. The second-order valence-electron chi connectivity index (χ2n) is 2.45. The van der Waals surface area contributed by atoms with Gasteiger partial charge in [0, 0.05) is 5.88 Å². The predicted molar refractivity (Wildman–Crippen MR) is 47.7 cm³/mol. The number of rotatable bonds is 2.